The zero-order valence-corrected chi connectivity index (χ0v) is 14.3. The number of halogens is 1. The van der Waals surface area contributed by atoms with Crippen LogP contribution in [0.15, 0.2) is 28.7 Å². The van der Waals surface area contributed by atoms with Crippen LogP contribution < -0.4 is 4.90 Å². The van der Waals surface area contributed by atoms with Crippen LogP contribution in [-0.4, -0.2) is 53.3 Å². The molecule has 7 nitrogen and oxygen atoms in total. The number of piperazine rings is 1. The maximum Gasteiger partial charge on any atom is 0.323 e. The van der Waals surface area contributed by atoms with Gasteiger partial charge in [0, 0.05) is 38.8 Å². The molecule has 1 aromatic carbocycles. The average Bonchev–Trinajstić information content (AvgIpc) is 3.05. The number of carbonyl (C=O) groups excluding carboxylic acids is 1. The Morgan fingerprint density at radius 3 is 2.52 bits per heavy atom. The van der Waals surface area contributed by atoms with Crippen molar-refractivity contribution in [1.29, 1.82) is 0 Å². The van der Waals surface area contributed by atoms with E-state index in [-0.39, 0.29) is 24.4 Å². The Morgan fingerprint density at radius 2 is 1.92 bits per heavy atom. The fourth-order valence-electron chi connectivity index (χ4n) is 2.82. The molecule has 134 valence electrons. The quantitative estimate of drug-likeness (QED) is 0.763. The number of aryl methyl sites for hydroxylation is 1. The lowest BCUT2D eigenvalue weighted by Crippen LogP contribution is -2.52. The minimum atomic E-state index is -0.348. The highest BCUT2D eigenvalue weighted by Gasteiger charge is 2.27. The zero-order valence-electron chi connectivity index (χ0n) is 14.3. The number of anilines is 1. The van der Waals surface area contributed by atoms with Crippen LogP contribution in [-0.2, 0) is 16.1 Å². The maximum atomic E-state index is 13.0. The number of aromatic nitrogens is 2. The van der Waals surface area contributed by atoms with Gasteiger partial charge in [0.15, 0.2) is 6.61 Å². The molecule has 25 heavy (non-hydrogen) atoms. The summed E-state index contributed by atoms with van der Waals surface area (Å²) >= 11 is 0. The topological polar surface area (TPSA) is 71.7 Å². The normalized spacial score (nSPS) is 16.7. The van der Waals surface area contributed by atoms with E-state index >= 15 is 0 Å². The number of nitrogens with zero attached hydrogens (tertiary/aromatic N) is 4. The van der Waals surface area contributed by atoms with Crippen LogP contribution in [0.1, 0.15) is 18.7 Å². The Hall–Kier alpha value is -2.48. The van der Waals surface area contributed by atoms with Crippen molar-refractivity contribution < 1.29 is 18.3 Å². The number of benzene rings is 1. The second-order valence-corrected chi connectivity index (χ2v) is 6.00. The molecular weight excluding hydrogens is 327 g/mol. The first-order valence-corrected chi connectivity index (χ1v) is 8.23. The van der Waals surface area contributed by atoms with Crippen LogP contribution in [0.25, 0.3) is 0 Å². The molecule has 3 rings (SSSR count). The molecule has 1 aliphatic rings. The number of hydrogen-bond acceptors (Lipinski definition) is 7. The van der Waals surface area contributed by atoms with Crippen molar-refractivity contribution in [2.24, 2.45) is 0 Å². The van der Waals surface area contributed by atoms with Crippen molar-refractivity contribution in [1.82, 2.24) is 15.1 Å². The molecule has 0 aliphatic carbocycles. The molecule has 0 amide bonds. The van der Waals surface area contributed by atoms with Gasteiger partial charge in [-0.2, -0.15) is 0 Å². The molecule has 1 atom stereocenters. The van der Waals surface area contributed by atoms with Crippen LogP contribution in [0.4, 0.5) is 10.1 Å². The van der Waals surface area contributed by atoms with E-state index in [0.717, 1.165) is 31.9 Å². The lowest BCUT2D eigenvalue weighted by molar-refractivity contribution is -0.151. The lowest BCUT2D eigenvalue weighted by Gasteiger charge is -2.38. The number of rotatable bonds is 5. The molecule has 2 heterocycles. The summed E-state index contributed by atoms with van der Waals surface area (Å²) in [4.78, 5) is 16.4. The van der Waals surface area contributed by atoms with E-state index in [9.17, 15) is 9.18 Å². The molecular formula is C17H21FN4O3. The van der Waals surface area contributed by atoms with E-state index in [2.05, 4.69) is 20.0 Å². The number of hydrogen-bond donors (Lipinski definition) is 0. The smallest absolute Gasteiger partial charge is 0.323 e. The monoisotopic (exact) mass is 348 g/mol. The summed E-state index contributed by atoms with van der Waals surface area (Å²) in [6, 6.07) is 6.12. The Morgan fingerprint density at radius 1 is 1.24 bits per heavy atom. The minimum Gasteiger partial charge on any atom is -0.454 e. The van der Waals surface area contributed by atoms with E-state index in [0.29, 0.717) is 11.8 Å². The highest BCUT2D eigenvalue weighted by Crippen LogP contribution is 2.18. The molecule has 0 radical (unpaired) electrons. The van der Waals surface area contributed by atoms with Crippen molar-refractivity contribution >= 4 is 11.7 Å². The van der Waals surface area contributed by atoms with Crippen molar-refractivity contribution in [2.45, 2.75) is 26.5 Å². The van der Waals surface area contributed by atoms with E-state index in [1.165, 1.54) is 12.1 Å². The summed E-state index contributed by atoms with van der Waals surface area (Å²) in [5.41, 5.74) is 0.989. The Labute approximate surface area is 145 Å². The molecule has 0 bridgehead atoms. The summed E-state index contributed by atoms with van der Waals surface area (Å²) in [6.07, 6.45) is 0. The van der Waals surface area contributed by atoms with E-state index < -0.39 is 0 Å². The summed E-state index contributed by atoms with van der Waals surface area (Å²) in [5.74, 6) is 0.177. The standard InChI is InChI=1S/C17H21FN4O3/c1-12(17(23)24-11-16-20-19-13(2)25-16)21-7-9-22(10-8-21)15-5-3-14(18)4-6-15/h3-6,12H,7-11H2,1-2H3/t12-/m0/s1. The number of esters is 1. The van der Waals surface area contributed by atoms with Crippen molar-refractivity contribution in [3.63, 3.8) is 0 Å². The third-order valence-electron chi connectivity index (χ3n) is 4.30. The Bertz CT molecular complexity index is 711. The summed E-state index contributed by atoms with van der Waals surface area (Å²) < 4.78 is 23.4. The number of ether oxygens (including phenoxy) is 1. The zero-order chi connectivity index (χ0) is 17.8. The van der Waals surface area contributed by atoms with Crippen LogP contribution in [0.2, 0.25) is 0 Å². The molecule has 8 heteroatoms. The van der Waals surface area contributed by atoms with Gasteiger partial charge in [0.25, 0.3) is 5.89 Å². The van der Waals surface area contributed by atoms with Crippen LogP contribution in [0.5, 0.6) is 0 Å². The van der Waals surface area contributed by atoms with Gasteiger partial charge in [-0.15, -0.1) is 10.2 Å². The minimum absolute atomic E-state index is 0.0143. The molecule has 1 saturated heterocycles. The molecule has 0 N–H and O–H groups in total. The average molecular weight is 348 g/mol. The third kappa shape index (κ3) is 4.33. The second kappa shape index (κ2) is 7.60. The first-order valence-electron chi connectivity index (χ1n) is 8.23. The maximum absolute atomic E-state index is 13.0. The van der Waals surface area contributed by atoms with Gasteiger partial charge in [0.2, 0.25) is 5.89 Å². The van der Waals surface area contributed by atoms with Gasteiger partial charge in [-0.25, -0.2) is 4.39 Å². The Balaban J connectivity index is 1.48. The first kappa shape index (κ1) is 17.3. The summed E-state index contributed by atoms with van der Waals surface area (Å²) in [6.45, 7) is 6.49. The molecule has 0 unspecified atom stereocenters. The van der Waals surface area contributed by atoms with Gasteiger partial charge in [-0.1, -0.05) is 0 Å². The predicted octanol–water partition coefficient (Wildman–Crippen LogP) is 1.77. The summed E-state index contributed by atoms with van der Waals surface area (Å²) in [5, 5.41) is 7.49. The molecule has 2 aromatic rings. The summed E-state index contributed by atoms with van der Waals surface area (Å²) in [7, 11) is 0. The molecule has 0 spiro atoms. The van der Waals surface area contributed by atoms with Crippen LogP contribution >= 0.6 is 0 Å². The van der Waals surface area contributed by atoms with Gasteiger partial charge in [-0.3, -0.25) is 9.69 Å². The fourth-order valence-corrected chi connectivity index (χ4v) is 2.82. The lowest BCUT2D eigenvalue weighted by atomic mass is 10.2. The van der Waals surface area contributed by atoms with Crippen LogP contribution in [0.3, 0.4) is 0 Å². The van der Waals surface area contributed by atoms with Crippen molar-refractivity contribution in [3.8, 4) is 0 Å². The first-order chi connectivity index (χ1) is 12.0. The highest BCUT2D eigenvalue weighted by atomic mass is 19.1. The van der Waals surface area contributed by atoms with Crippen molar-refractivity contribution in [3.05, 3.63) is 41.9 Å². The van der Waals surface area contributed by atoms with Crippen LogP contribution in [0, 0.1) is 12.7 Å². The largest absolute Gasteiger partial charge is 0.454 e. The fraction of sp³-hybridized carbons (Fsp3) is 0.471. The van der Waals surface area contributed by atoms with Gasteiger partial charge in [-0.05, 0) is 31.2 Å². The van der Waals surface area contributed by atoms with Gasteiger partial charge >= 0.3 is 5.97 Å². The molecule has 1 aliphatic heterocycles. The second-order valence-electron chi connectivity index (χ2n) is 6.00. The molecule has 1 aromatic heterocycles. The van der Waals surface area contributed by atoms with Gasteiger partial charge < -0.3 is 14.1 Å². The van der Waals surface area contributed by atoms with Crippen molar-refractivity contribution in [2.75, 3.05) is 31.1 Å². The third-order valence-corrected chi connectivity index (χ3v) is 4.30. The Kier molecular flexibility index (Phi) is 5.28. The predicted molar refractivity (Wildman–Crippen MR) is 88.5 cm³/mol. The van der Waals surface area contributed by atoms with E-state index in [1.807, 2.05) is 6.92 Å². The van der Waals surface area contributed by atoms with Gasteiger partial charge in [0.1, 0.15) is 11.9 Å². The molecule has 1 fully saturated rings. The van der Waals surface area contributed by atoms with Gasteiger partial charge in [0.05, 0.1) is 0 Å². The molecule has 0 saturated carbocycles. The highest BCUT2D eigenvalue weighted by molar-refractivity contribution is 5.75. The number of carbonyl (C=O) groups is 1. The van der Waals surface area contributed by atoms with E-state index in [4.69, 9.17) is 9.15 Å². The SMILES string of the molecule is Cc1nnc(COC(=O)[C@H](C)N2CCN(c3ccc(F)cc3)CC2)o1. The van der Waals surface area contributed by atoms with E-state index in [1.54, 1.807) is 19.1 Å².